The number of ketones is 1. The lowest BCUT2D eigenvalue weighted by atomic mass is 9.47. The summed E-state index contributed by atoms with van der Waals surface area (Å²) >= 11 is 30.3. The van der Waals surface area contributed by atoms with Crippen molar-refractivity contribution in [1.82, 2.24) is 59.0 Å². The largest absolute Gasteiger partial charge is 0.393 e. The Hall–Kier alpha value is -7.71. The number of aliphatic hydroxyl groups is 1. The fraction of sp³-hybridized carbons (Fsp3) is 0.628. The van der Waals surface area contributed by atoms with Crippen molar-refractivity contribution in [3.63, 3.8) is 0 Å². The van der Waals surface area contributed by atoms with E-state index >= 15 is 0 Å². The van der Waals surface area contributed by atoms with E-state index in [1.807, 2.05) is 41.7 Å². The third kappa shape index (κ3) is 11.4. The van der Waals surface area contributed by atoms with Crippen molar-refractivity contribution in [2.45, 2.75) is 214 Å². The summed E-state index contributed by atoms with van der Waals surface area (Å²) in [5.74, 6) is 13.4. The highest BCUT2D eigenvalue weighted by Crippen LogP contribution is 2.68. The number of hydrogen-bond donors (Lipinski definition) is 1. The molecule has 20 bridgehead atoms. The van der Waals surface area contributed by atoms with Gasteiger partial charge in [-0.1, -0.05) is 26.3 Å². The average molecular weight is 1650 g/mol. The Kier molecular flexibility index (Phi) is 16.6. The first-order chi connectivity index (χ1) is 55.8. The van der Waals surface area contributed by atoms with Gasteiger partial charge in [0.1, 0.15) is 51.6 Å². The quantitative estimate of drug-likeness (QED) is 0.157. The molecule has 0 radical (unpaired) electrons. The van der Waals surface area contributed by atoms with Gasteiger partial charge in [0.05, 0.1) is 66.8 Å². The molecule has 1 N–H and O–H groups in total. The van der Waals surface area contributed by atoms with E-state index in [1.165, 1.54) is 25.7 Å². The molecule has 20 fully saturated rings. The second kappa shape index (κ2) is 26.4. The molecule has 0 spiro atoms. The predicted octanol–water partition coefficient (Wildman–Crippen LogP) is 16.0. The van der Waals surface area contributed by atoms with Crippen LogP contribution in [0.1, 0.15) is 182 Å². The molecule has 29 heteroatoms. The highest BCUT2D eigenvalue weighted by atomic mass is 35.5. The molecule has 6 aromatic rings. The Morgan fingerprint density at radius 3 is 1.37 bits per heavy atom. The SMILES string of the molecule is C=C1Cc2cnc(Cl)nc2N1C12CC3CC(C1)C(=O)C(C3)C2.C=C1N(C)c2cnc(Cl)nc2N1C12CC3CC(C1)C(C#N)C(C3)C2.C=C1N(C)c2cnc(Cl)nc2N1C12CC3CC(CC(C#N)(C3)C1)C2.[2H]C1(O)C2CC3CC1CC(N1C(=C)N(C)c4cnc(Cl)nc41)(C3)C2.[2H]C1C2CC3CC1CC(n1c(=O)n(C)c4cnc(Cl)nc41)(C3)C2. The monoisotopic (exact) mass is 1650 g/mol. The van der Waals surface area contributed by atoms with Crippen LogP contribution in [0, 0.1) is 117 Å². The molecular formula is C86H98Cl5N21O3. The summed E-state index contributed by atoms with van der Waals surface area (Å²) in [5.41, 5.74) is 5.96. The lowest BCUT2D eigenvalue weighted by Crippen LogP contribution is -2.63. The third-order valence-corrected chi connectivity index (χ3v) is 33.0. The van der Waals surface area contributed by atoms with Crippen molar-refractivity contribution in [2.24, 2.45) is 101 Å². The predicted molar refractivity (Wildman–Crippen MR) is 442 cm³/mol. The Morgan fingerprint density at radius 1 is 0.470 bits per heavy atom. The summed E-state index contributed by atoms with van der Waals surface area (Å²) in [6.45, 7) is 17.2. The molecule has 6 aromatic heterocycles. The van der Waals surface area contributed by atoms with E-state index in [2.05, 4.69) is 113 Å². The minimum atomic E-state index is -1.28. The first kappa shape index (κ1) is 72.5. The van der Waals surface area contributed by atoms with Gasteiger partial charge < -0.3 is 39.4 Å². The number of carbonyl (C=O) groups excluding carboxylic acids is 1. The maximum Gasteiger partial charge on any atom is 0.330 e. The van der Waals surface area contributed by atoms with Crippen molar-refractivity contribution in [1.29, 1.82) is 10.5 Å². The van der Waals surface area contributed by atoms with Gasteiger partial charge in [0.2, 0.25) is 26.4 Å². The maximum absolute atomic E-state index is 13.0. The summed E-state index contributed by atoms with van der Waals surface area (Å²) in [6, 6.07) is 5.30. The summed E-state index contributed by atoms with van der Waals surface area (Å²) in [7, 11) is 7.75. The lowest BCUT2D eigenvalue weighted by Gasteiger charge is -2.62. The van der Waals surface area contributed by atoms with Crippen molar-refractivity contribution in [3.8, 4) is 12.1 Å². The number of rotatable bonds is 5. The van der Waals surface area contributed by atoms with E-state index < -0.39 is 6.08 Å². The van der Waals surface area contributed by atoms with Gasteiger partial charge in [-0.2, -0.15) is 35.4 Å². The van der Waals surface area contributed by atoms with Gasteiger partial charge in [-0.25, -0.2) is 29.7 Å². The van der Waals surface area contributed by atoms with Crippen molar-refractivity contribution < 1.29 is 12.6 Å². The second-order valence-electron chi connectivity index (χ2n) is 38.8. The zero-order chi connectivity index (χ0) is 81.2. The van der Waals surface area contributed by atoms with E-state index in [4.69, 9.17) is 60.7 Å². The van der Waals surface area contributed by atoms with Crippen LogP contribution in [0.5, 0.6) is 0 Å². The van der Waals surface area contributed by atoms with Gasteiger partial charge in [0, 0.05) is 81.9 Å². The fourth-order valence-electron chi connectivity index (χ4n) is 29.2. The molecule has 10 atom stereocenters. The first-order valence-corrected chi connectivity index (χ1v) is 43.6. The molecular weight excluding hydrogens is 1550 g/mol. The Labute approximate surface area is 698 Å². The molecule has 10 unspecified atom stereocenters. The number of nitriles is 2. The normalized spacial score (nSPS) is 40.5. The number of fused-ring (bicyclic) bond motifs is 5. The molecule has 115 heavy (non-hydrogen) atoms. The molecule has 0 aromatic carbocycles. The van der Waals surface area contributed by atoms with Crippen LogP contribution in [-0.4, -0.2) is 119 Å². The Morgan fingerprint density at radius 2 is 0.870 bits per heavy atom. The van der Waals surface area contributed by atoms with E-state index in [0.717, 1.165) is 228 Å². The number of nitrogens with zero attached hydrogens (tertiary/aromatic N) is 21. The standard InChI is InChI=1S/2C18H20ClN5.C17H21ClN4O.C17H18ClN3O.C16H19ClN4O/c1-11-23(2)14-8-21-16(19)22-15(14)24(11)18-6-12-3-13(7-18)5-17(4-12,9-18)10-20;1-10-23(2)15-9-21-17(19)22-16(15)24(10)18-5-11-3-12(6-18)14(8-20)13(4-11)7-18;1-9-21(2)13-8-19-16(18)20-15(13)22(9)17-5-10-3-11(6-17)14(23)12(4-10)7-17;1-9-2-13-8-19-16(18)20-15(13)21(9)17-5-10-3-11(6-17)14(22)12(4-10)7-17;1-20-12-8-18-14(17)19-13(12)21(15(20)22)16-5-9-2-10(6-16)4-11(3-9)7-16/h8,12-13H,1,3-7,9H2,2H3;9,11-14H,1,3-7H2,2H3;8,10-12,14,23H,1,3-7H2,2H3;8,10-12H,1-7H2;8-11H,2-7H2,1H3/i;;14D;;2D. The second-order valence-corrected chi connectivity index (χ2v) is 40.5. The minimum absolute atomic E-state index is 0.0277. The molecule has 20 saturated carbocycles. The highest BCUT2D eigenvalue weighted by molar-refractivity contribution is 6.29. The minimum Gasteiger partial charge on any atom is -0.393 e. The van der Waals surface area contributed by atoms with Gasteiger partial charge in [-0.15, -0.1) is 0 Å². The van der Waals surface area contributed by atoms with Crippen LogP contribution in [0.4, 0.5) is 40.3 Å². The highest BCUT2D eigenvalue weighted by Gasteiger charge is 2.66. The number of hydrogen-bond acceptors (Lipinski definition) is 22. The van der Waals surface area contributed by atoms with Crippen LogP contribution in [-0.2, 0) is 23.8 Å². The van der Waals surface area contributed by atoms with E-state index in [0.29, 0.717) is 70.0 Å². The topological polar surface area (TPSA) is 263 Å². The number of allylic oxidation sites excluding steroid dienone is 1. The fourth-order valence-corrected chi connectivity index (χ4v) is 29.9. The Balaban J connectivity index is 0.0000000912. The summed E-state index contributed by atoms with van der Waals surface area (Å²) < 4.78 is 20.4. The van der Waals surface area contributed by atoms with Gasteiger partial charge in [0.25, 0.3) is 0 Å². The van der Waals surface area contributed by atoms with Gasteiger partial charge >= 0.3 is 5.69 Å². The van der Waals surface area contributed by atoms with Gasteiger partial charge in [-0.3, -0.25) is 13.9 Å². The number of aromatic nitrogens is 12. The molecule has 4 aliphatic heterocycles. The Bertz CT molecular complexity index is 5370. The number of halogens is 5. The van der Waals surface area contributed by atoms with Crippen LogP contribution in [0.25, 0.3) is 11.2 Å². The molecule has 0 saturated heterocycles. The van der Waals surface area contributed by atoms with Crippen LogP contribution >= 0.6 is 58.0 Å². The van der Waals surface area contributed by atoms with Crippen LogP contribution < -0.4 is 40.0 Å². The molecule has 30 rings (SSSR count). The molecule has 0 amide bonds. The number of aryl methyl sites for hydroxylation is 1. The van der Waals surface area contributed by atoms with Crippen LogP contribution in [0.2, 0.25) is 26.4 Å². The first-order valence-electron chi connectivity index (χ1n) is 42.8. The summed E-state index contributed by atoms with van der Waals surface area (Å²) in [4.78, 5) is 83.7. The van der Waals surface area contributed by atoms with E-state index in [-0.39, 0.29) is 95.9 Å². The molecule has 24 nitrogen and oxygen atoms in total. The number of carbonyl (C=O) groups is 1. The van der Waals surface area contributed by atoms with E-state index in [1.54, 1.807) is 36.4 Å². The van der Waals surface area contributed by atoms with Gasteiger partial charge in [0.15, 0.2) is 23.1 Å². The number of imidazole rings is 1. The molecule has 24 aliphatic rings. The average Bonchev–Trinajstić information content (AvgIpc) is 1.70. The number of Topliss-reactive ketones (excluding diaryl/α,β-unsaturated/α-hetero) is 1. The van der Waals surface area contributed by atoms with Crippen LogP contribution in [0.15, 0.2) is 85.3 Å². The molecule has 20 aliphatic carbocycles. The summed E-state index contributed by atoms with van der Waals surface area (Å²) in [5, 5.41) is 31.4. The third-order valence-electron chi connectivity index (χ3n) is 32.1. The lowest BCUT2D eigenvalue weighted by molar-refractivity contribution is -0.141. The number of anilines is 7. The van der Waals surface area contributed by atoms with Crippen LogP contribution in [0.3, 0.4) is 0 Å². The zero-order valence-corrected chi connectivity index (χ0v) is 69.4. The van der Waals surface area contributed by atoms with Gasteiger partial charge in [-0.05, 0) is 302 Å². The van der Waals surface area contributed by atoms with Crippen molar-refractivity contribution in [2.75, 3.05) is 55.4 Å². The smallest absolute Gasteiger partial charge is 0.330 e. The molecule has 10 heterocycles. The molecule has 600 valence electrons. The van der Waals surface area contributed by atoms with E-state index in [9.17, 15) is 25.2 Å². The zero-order valence-electron chi connectivity index (χ0n) is 67.6. The summed E-state index contributed by atoms with van der Waals surface area (Å²) in [6.07, 6.45) is 35.7. The van der Waals surface area contributed by atoms with Crippen molar-refractivity contribution in [3.05, 3.63) is 123 Å². The maximum atomic E-state index is 13.0. The van der Waals surface area contributed by atoms with Crippen molar-refractivity contribution >= 4 is 115 Å².